The Morgan fingerprint density at radius 2 is 1.78 bits per heavy atom. The maximum absolute atomic E-state index is 12.2. The zero-order valence-electron chi connectivity index (χ0n) is 14.2. The Kier molecular flexibility index (Phi) is 4.95. The number of carbonyl (C=O) groups excluding carboxylic acids is 3. The monoisotopic (exact) mass is 392 g/mol. The molecule has 3 amide bonds. The number of sulfonamides is 1. The van der Waals surface area contributed by atoms with Crippen LogP contribution in [0.3, 0.4) is 0 Å². The number of anilines is 2. The number of aromatic nitrogens is 1. The van der Waals surface area contributed by atoms with E-state index < -0.39 is 21.8 Å². The Morgan fingerprint density at radius 3 is 2.37 bits per heavy atom. The molecule has 0 unspecified atom stereocenters. The highest BCUT2D eigenvalue weighted by molar-refractivity contribution is 7.90. The molecule has 0 radical (unpaired) electrons. The van der Waals surface area contributed by atoms with Crippen molar-refractivity contribution in [2.24, 2.45) is 5.92 Å². The predicted molar refractivity (Wildman–Crippen MR) is 93.3 cm³/mol. The van der Waals surface area contributed by atoms with E-state index in [0.29, 0.717) is 5.69 Å². The smallest absolute Gasteiger partial charge is 0.302 e. The molecule has 0 aliphatic heterocycles. The normalized spacial score (nSPS) is 13.7. The fourth-order valence-corrected chi connectivity index (χ4v) is 3.14. The second kappa shape index (κ2) is 7.19. The summed E-state index contributed by atoms with van der Waals surface area (Å²) in [6.07, 6.45) is 2.76. The Hall–Kier alpha value is -3.21. The molecule has 11 heteroatoms. The summed E-state index contributed by atoms with van der Waals surface area (Å²) in [7, 11) is -3.95. The van der Waals surface area contributed by atoms with Crippen LogP contribution in [0.1, 0.15) is 30.3 Å². The lowest BCUT2D eigenvalue weighted by molar-refractivity contribution is -0.118. The first-order valence-corrected chi connectivity index (χ1v) is 9.44. The summed E-state index contributed by atoms with van der Waals surface area (Å²) in [6, 6.07) is 5.15. The number of nitrogens with zero attached hydrogens (tertiary/aromatic N) is 1. The van der Waals surface area contributed by atoms with Gasteiger partial charge in [-0.1, -0.05) is 0 Å². The maximum Gasteiger partial charge on any atom is 0.302 e. The molecule has 10 nitrogen and oxygen atoms in total. The minimum atomic E-state index is -3.95. The molecule has 0 saturated heterocycles. The Labute approximate surface area is 154 Å². The number of hydrogen-bond donors (Lipinski definition) is 3. The summed E-state index contributed by atoms with van der Waals surface area (Å²) < 4.78 is 30.6. The second-order valence-corrected chi connectivity index (χ2v) is 7.62. The standard InChI is InChI=1S/C16H16N4O6S/c1-9(21)20-27(24,25)12-6-4-11(5-7-12)17-15(23)13-8-26-16(18-13)19-14(22)10-2-3-10/h4-8,10H,2-3H2,1H3,(H,17,23)(H,20,21)(H,18,19,22). The quantitative estimate of drug-likeness (QED) is 0.667. The highest BCUT2D eigenvalue weighted by Crippen LogP contribution is 2.30. The topological polar surface area (TPSA) is 147 Å². The van der Waals surface area contributed by atoms with E-state index in [-0.39, 0.29) is 28.4 Å². The SMILES string of the molecule is CC(=O)NS(=O)(=O)c1ccc(NC(=O)c2coc(NC(=O)C3CC3)n2)cc1. The molecular weight excluding hydrogens is 376 g/mol. The van der Waals surface area contributed by atoms with E-state index in [1.54, 1.807) is 0 Å². The number of amides is 3. The van der Waals surface area contributed by atoms with Crippen LogP contribution in [0.4, 0.5) is 11.7 Å². The summed E-state index contributed by atoms with van der Waals surface area (Å²) in [6.45, 7) is 1.09. The van der Waals surface area contributed by atoms with Crippen molar-refractivity contribution >= 4 is 39.4 Å². The first-order valence-electron chi connectivity index (χ1n) is 7.96. The summed E-state index contributed by atoms with van der Waals surface area (Å²) in [5.74, 6) is -1.52. The Bertz CT molecular complexity index is 992. The van der Waals surface area contributed by atoms with Crippen LogP contribution in [0.25, 0.3) is 0 Å². The Balaban J connectivity index is 1.63. The second-order valence-electron chi connectivity index (χ2n) is 5.94. The van der Waals surface area contributed by atoms with Gasteiger partial charge in [0.15, 0.2) is 5.69 Å². The number of hydrogen-bond acceptors (Lipinski definition) is 7. The summed E-state index contributed by atoms with van der Waals surface area (Å²) in [4.78, 5) is 38.5. The van der Waals surface area contributed by atoms with E-state index in [1.165, 1.54) is 24.3 Å². The third-order valence-electron chi connectivity index (χ3n) is 3.62. The molecule has 1 heterocycles. The molecule has 27 heavy (non-hydrogen) atoms. The first-order chi connectivity index (χ1) is 12.7. The van der Waals surface area contributed by atoms with Gasteiger partial charge in [0.25, 0.3) is 15.9 Å². The molecule has 142 valence electrons. The number of oxazole rings is 1. The van der Waals surface area contributed by atoms with Crippen molar-refractivity contribution in [2.45, 2.75) is 24.7 Å². The largest absolute Gasteiger partial charge is 0.431 e. The van der Waals surface area contributed by atoms with Gasteiger partial charge in [0.05, 0.1) is 4.90 Å². The van der Waals surface area contributed by atoms with E-state index in [4.69, 9.17) is 4.42 Å². The van der Waals surface area contributed by atoms with Crippen molar-refractivity contribution in [1.29, 1.82) is 0 Å². The lowest BCUT2D eigenvalue weighted by atomic mass is 10.3. The predicted octanol–water partition coefficient (Wildman–Crippen LogP) is 1.10. The molecule has 0 spiro atoms. The van der Waals surface area contributed by atoms with Gasteiger partial charge in [0, 0.05) is 18.5 Å². The van der Waals surface area contributed by atoms with Gasteiger partial charge < -0.3 is 9.73 Å². The number of benzene rings is 1. The van der Waals surface area contributed by atoms with Gasteiger partial charge in [0.2, 0.25) is 11.8 Å². The van der Waals surface area contributed by atoms with Gasteiger partial charge in [-0.25, -0.2) is 13.1 Å². The first kappa shape index (κ1) is 18.6. The molecule has 1 fully saturated rings. The fraction of sp³-hybridized carbons (Fsp3) is 0.250. The van der Waals surface area contributed by atoms with Crippen LogP contribution in [-0.2, 0) is 19.6 Å². The van der Waals surface area contributed by atoms with E-state index in [1.807, 2.05) is 4.72 Å². The molecular formula is C16H16N4O6S. The molecule has 1 saturated carbocycles. The van der Waals surface area contributed by atoms with Crippen molar-refractivity contribution in [3.8, 4) is 0 Å². The summed E-state index contributed by atoms with van der Waals surface area (Å²) >= 11 is 0. The van der Waals surface area contributed by atoms with Crippen LogP contribution in [0.15, 0.2) is 39.8 Å². The molecule has 3 N–H and O–H groups in total. The molecule has 3 rings (SSSR count). The lowest BCUT2D eigenvalue weighted by Crippen LogP contribution is -2.28. The van der Waals surface area contributed by atoms with Crippen LogP contribution >= 0.6 is 0 Å². The van der Waals surface area contributed by atoms with Crippen LogP contribution in [-0.4, -0.2) is 31.1 Å². The minimum absolute atomic E-state index is 0.0264. The van der Waals surface area contributed by atoms with Gasteiger partial charge in [0.1, 0.15) is 6.26 Å². The average molecular weight is 392 g/mol. The van der Waals surface area contributed by atoms with Crippen LogP contribution in [0, 0.1) is 5.92 Å². The van der Waals surface area contributed by atoms with Crippen molar-refractivity contribution in [3.05, 3.63) is 36.2 Å². The van der Waals surface area contributed by atoms with Crippen LogP contribution in [0.2, 0.25) is 0 Å². The van der Waals surface area contributed by atoms with Crippen molar-refractivity contribution in [2.75, 3.05) is 10.6 Å². The van der Waals surface area contributed by atoms with Crippen molar-refractivity contribution in [1.82, 2.24) is 9.71 Å². The maximum atomic E-state index is 12.2. The average Bonchev–Trinajstić information content (AvgIpc) is 3.34. The molecule has 1 aromatic carbocycles. The minimum Gasteiger partial charge on any atom is -0.431 e. The number of rotatable bonds is 6. The van der Waals surface area contributed by atoms with Gasteiger partial charge in [-0.3, -0.25) is 19.7 Å². The molecule has 0 bridgehead atoms. The van der Waals surface area contributed by atoms with Gasteiger partial charge in [-0.15, -0.1) is 0 Å². The van der Waals surface area contributed by atoms with E-state index in [2.05, 4.69) is 15.6 Å². The van der Waals surface area contributed by atoms with Gasteiger partial charge >= 0.3 is 6.01 Å². The molecule has 1 aromatic heterocycles. The number of carbonyl (C=O) groups is 3. The molecule has 2 aromatic rings. The fourth-order valence-electron chi connectivity index (χ4n) is 2.15. The summed E-state index contributed by atoms with van der Waals surface area (Å²) in [5, 5.41) is 5.01. The zero-order valence-corrected chi connectivity index (χ0v) is 15.0. The van der Waals surface area contributed by atoms with Gasteiger partial charge in [-0.2, -0.15) is 4.98 Å². The molecule has 1 aliphatic carbocycles. The third kappa shape index (κ3) is 4.70. The molecule has 0 atom stereocenters. The van der Waals surface area contributed by atoms with Gasteiger partial charge in [-0.05, 0) is 37.1 Å². The third-order valence-corrected chi connectivity index (χ3v) is 5.06. The van der Waals surface area contributed by atoms with Crippen molar-refractivity contribution < 1.29 is 27.2 Å². The van der Waals surface area contributed by atoms with Crippen molar-refractivity contribution in [3.63, 3.8) is 0 Å². The number of nitrogens with one attached hydrogen (secondary N) is 3. The van der Waals surface area contributed by atoms with E-state index in [0.717, 1.165) is 26.0 Å². The summed E-state index contributed by atoms with van der Waals surface area (Å²) in [5.41, 5.74) is 0.268. The molecule has 1 aliphatic rings. The van der Waals surface area contributed by atoms with E-state index in [9.17, 15) is 22.8 Å². The Morgan fingerprint density at radius 1 is 1.11 bits per heavy atom. The highest BCUT2D eigenvalue weighted by Gasteiger charge is 2.30. The highest BCUT2D eigenvalue weighted by atomic mass is 32.2. The zero-order chi connectivity index (χ0) is 19.6. The van der Waals surface area contributed by atoms with Crippen LogP contribution < -0.4 is 15.4 Å². The van der Waals surface area contributed by atoms with E-state index >= 15 is 0 Å². The lowest BCUT2D eigenvalue weighted by Gasteiger charge is -2.06. The van der Waals surface area contributed by atoms with Crippen LogP contribution in [0.5, 0.6) is 0 Å².